The summed E-state index contributed by atoms with van der Waals surface area (Å²) in [5.41, 5.74) is 0. The van der Waals surface area contributed by atoms with Crippen LogP contribution >= 0.6 is 0 Å². The largest absolute Gasteiger partial charge is 0.370 e. The molecule has 1 fully saturated rings. The maximum atomic E-state index is 12.2. The van der Waals surface area contributed by atoms with Gasteiger partial charge in [0.05, 0.1) is 13.1 Å². The van der Waals surface area contributed by atoms with E-state index in [4.69, 9.17) is 0 Å². The van der Waals surface area contributed by atoms with Crippen molar-refractivity contribution in [2.45, 2.75) is 12.5 Å². The molecule has 0 radical (unpaired) electrons. The summed E-state index contributed by atoms with van der Waals surface area (Å²) in [4.78, 5) is 1.19. The van der Waals surface area contributed by atoms with Gasteiger partial charge in [-0.2, -0.15) is 8.78 Å². The molecule has 0 bridgehead atoms. The van der Waals surface area contributed by atoms with Gasteiger partial charge in [-0.15, -0.1) is 0 Å². The van der Waals surface area contributed by atoms with Crippen molar-refractivity contribution in [3.63, 3.8) is 0 Å². The molecule has 1 rings (SSSR count). The molecule has 60 valence electrons. The average Bonchev–Trinajstić information content (AvgIpc) is 1.54. The third-order valence-electron chi connectivity index (χ3n) is 1.21. The fraction of sp³-hybridized carbons (Fsp3) is 1.00. The van der Waals surface area contributed by atoms with Gasteiger partial charge < -0.3 is 0 Å². The molecule has 1 heterocycles. The highest BCUT2D eigenvalue weighted by atomic mass is 19.3. The third kappa shape index (κ3) is 1.85. The molecule has 5 heteroatoms. The zero-order valence-electron chi connectivity index (χ0n) is 5.48. The Labute approximate surface area is 56.6 Å². The first kappa shape index (κ1) is 7.81. The molecule has 10 heavy (non-hydrogen) atoms. The van der Waals surface area contributed by atoms with Crippen LogP contribution in [0.2, 0.25) is 0 Å². The highest BCUT2D eigenvalue weighted by Gasteiger charge is 2.40. The van der Waals surface area contributed by atoms with Crippen LogP contribution in [0.3, 0.4) is 0 Å². The predicted molar refractivity (Wildman–Crippen MR) is 28.4 cm³/mol. The second-order valence-corrected chi connectivity index (χ2v) is 2.36. The van der Waals surface area contributed by atoms with Crippen molar-refractivity contribution in [3.8, 4) is 0 Å². The summed E-state index contributed by atoms with van der Waals surface area (Å²) in [6.07, 6.45) is -5.19. The highest BCUT2D eigenvalue weighted by Crippen LogP contribution is 2.23. The van der Waals surface area contributed by atoms with Gasteiger partial charge in [0, 0.05) is 0 Å². The first-order chi connectivity index (χ1) is 4.49. The summed E-state index contributed by atoms with van der Waals surface area (Å²) in [5, 5.41) is 0. The Kier molecular flexibility index (Phi) is 1.87. The fourth-order valence-corrected chi connectivity index (χ4v) is 0.885. The summed E-state index contributed by atoms with van der Waals surface area (Å²) in [5.74, 6) is 0. The van der Waals surface area contributed by atoms with Gasteiger partial charge in [-0.3, -0.25) is 9.64 Å². The summed E-state index contributed by atoms with van der Waals surface area (Å²) in [6, 6.07) is 0. The quantitative estimate of drug-likeness (QED) is 0.514. The normalized spacial score (nSPS) is 34.2. The van der Waals surface area contributed by atoms with E-state index in [9.17, 15) is 13.2 Å². The standard InChI is InChI=1S/C5H8F3NO/c1-9-2-4(6)10-5(7,8)3-9/h4H,2-3H2,1H3/t4-/m0/s1. The molecule has 2 nitrogen and oxygen atoms in total. The average molecular weight is 155 g/mol. The predicted octanol–water partition coefficient (Wildman–Crippen LogP) is 0.837. The summed E-state index contributed by atoms with van der Waals surface area (Å²) < 4.78 is 40.3. The minimum atomic E-state index is -3.33. The number of halogens is 3. The van der Waals surface area contributed by atoms with E-state index in [0.29, 0.717) is 0 Å². The monoisotopic (exact) mass is 155 g/mol. The molecule has 0 unspecified atom stereocenters. The minimum absolute atomic E-state index is 0.0877. The number of alkyl halides is 3. The van der Waals surface area contributed by atoms with Crippen LogP contribution in [0.1, 0.15) is 0 Å². The van der Waals surface area contributed by atoms with Crippen LogP contribution in [0, 0.1) is 0 Å². The van der Waals surface area contributed by atoms with E-state index in [0.717, 1.165) is 0 Å². The highest BCUT2D eigenvalue weighted by molar-refractivity contribution is 4.68. The number of nitrogens with zero attached hydrogens (tertiary/aromatic N) is 1. The lowest BCUT2D eigenvalue weighted by Gasteiger charge is -2.31. The molecule has 0 amide bonds. The van der Waals surface area contributed by atoms with E-state index in [1.165, 1.54) is 11.9 Å². The van der Waals surface area contributed by atoms with E-state index in [1.807, 2.05) is 0 Å². The lowest BCUT2D eigenvalue weighted by atomic mass is 10.4. The maximum Gasteiger partial charge on any atom is 0.370 e. The van der Waals surface area contributed by atoms with Gasteiger partial charge >= 0.3 is 6.11 Å². The molecule has 0 N–H and O–H groups in total. The van der Waals surface area contributed by atoms with Crippen LogP contribution in [0.4, 0.5) is 13.2 Å². The molecular formula is C5H8F3NO. The van der Waals surface area contributed by atoms with Crippen molar-refractivity contribution in [1.82, 2.24) is 4.90 Å². The Morgan fingerprint density at radius 1 is 1.60 bits per heavy atom. The Hall–Kier alpha value is -0.290. The van der Waals surface area contributed by atoms with Crippen molar-refractivity contribution in [2.24, 2.45) is 0 Å². The van der Waals surface area contributed by atoms with Crippen LogP contribution in [0.5, 0.6) is 0 Å². The first-order valence-electron chi connectivity index (χ1n) is 2.88. The maximum absolute atomic E-state index is 12.2. The van der Waals surface area contributed by atoms with Crippen LogP contribution in [0.25, 0.3) is 0 Å². The topological polar surface area (TPSA) is 12.5 Å². The molecule has 1 saturated heterocycles. The smallest absolute Gasteiger partial charge is 0.293 e. The van der Waals surface area contributed by atoms with Crippen LogP contribution < -0.4 is 0 Å². The lowest BCUT2D eigenvalue weighted by Crippen LogP contribution is -2.48. The van der Waals surface area contributed by atoms with Crippen LogP contribution in [-0.4, -0.2) is 37.5 Å². The minimum Gasteiger partial charge on any atom is -0.293 e. The van der Waals surface area contributed by atoms with Gasteiger partial charge in [-0.1, -0.05) is 0 Å². The van der Waals surface area contributed by atoms with E-state index in [-0.39, 0.29) is 6.54 Å². The van der Waals surface area contributed by atoms with E-state index >= 15 is 0 Å². The van der Waals surface area contributed by atoms with Gasteiger partial charge in [-0.05, 0) is 7.05 Å². The van der Waals surface area contributed by atoms with E-state index < -0.39 is 19.0 Å². The molecule has 1 atom stereocenters. The summed E-state index contributed by atoms with van der Waals surface area (Å²) in [7, 11) is 1.42. The van der Waals surface area contributed by atoms with Crippen molar-refractivity contribution in [1.29, 1.82) is 0 Å². The number of morpholine rings is 1. The molecule has 0 saturated carbocycles. The Morgan fingerprint density at radius 3 is 2.60 bits per heavy atom. The number of hydrogen-bond donors (Lipinski definition) is 0. The third-order valence-corrected chi connectivity index (χ3v) is 1.21. The zero-order chi connectivity index (χ0) is 7.78. The Bertz CT molecular complexity index is 118. The second kappa shape index (κ2) is 2.39. The summed E-state index contributed by atoms with van der Waals surface area (Å²) in [6.45, 7) is -0.622. The van der Waals surface area contributed by atoms with Gasteiger partial charge in [0.25, 0.3) is 0 Å². The number of hydrogen-bond acceptors (Lipinski definition) is 2. The van der Waals surface area contributed by atoms with Gasteiger partial charge in [-0.25, -0.2) is 4.39 Å². The first-order valence-corrected chi connectivity index (χ1v) is 2.88. The van der Waals surface area contributed by atoms with Gasteiger partial charge in [0.1, 0.15) is 0 Å². The van der Waals surface area contributed by atoms with E-state index in [2.05, 4.69) is 4.74 Å². The second-order valence-electron chi connectivity index (χ2n) is 2.36. The molecular weight excluding hydrogens is 147 g/mol. The van der Waals surface area contributed by atoms with Crippen molar-refractivity contribution >= 4 is 0 Å². The van der Waals surface area contributed by atoms with Crippen molar-refractivity contribution in [3.05, 3.63) is 0 Å². The Morgan fingerprint density at radius 2 is 2.20 bits per heavy atom. The molecule has 0 aliphatic carbocycles. The molecule has 0 aromatic rings. The number of ether oxygens (including phenoxy) is 1. The molecule has 1 aliphatic rings. The zero-order valence-corrected chi connectivity index (χ0v) is 5.48. The summed E-state index contributed by atoms with van der Waals surface area (Å²) >= 11 is 0. The van der Waals surface area contributed by atoms with Gasteiger partial charge in [0.15, 0.2) is 0 Å². The number of rotatable bonds is 0. The van der Waals surface area contributed by atoms with Crippen molar-refractivity contribution < 1.29 is 17.9 Å². The van der Waals surface area contributed by atoms with Crippen molar-refractivity contribution in [2.75, 3.05) is 20.1 Å². The van der Waals surface area contributed by atoms with Gasteiger partial charge in [0.2, 0.25) is 6.36 Å². The lowest BCUT2D eigenvalue weighted by molar-refractivity contribution is -0.318. The molecule has 0 spiro atoms. The fourth-order valence-electron chi connectivity index (χ4n) is 0.885. The van der Waals surface area contributed by atoms with Crippen LogP contribution in [0.15, 0.2) is 0 Å². The molecule has 0 aromatic carbocycles. The van der Waals surface area contributed by atoms with Crippen LogP contribution in [-0.2, 0) is 4.74 Å². The molecule has 0 aromatic heterocycles. The molecule has 1 aliphatic heterocycles. The number of likely N-dealkylation sites (N-methyl/N-ethyl adjacent to an activating group) is 1. The van der Waals surface area contributed by atoms with E-state index in [1.54, 1.807) is 0 Å². The Balaban J connectivity index is 2.51. The SMILES string of the molecule is CN1C[C@@H](F)OC(F)(F)C1.